The van der Waals surface area contributed by atoms with E-state index >= 15 is 0 Å². The molecule has 1 fully saturated rings. The van der Waals surface area contributed by atoms with Gasteiger partial charge in [-0.05, 0) is 30.5 Å². The second kappa shape index (κ2) is 7.17. The van der Waals surface area contributed by atoms with Crippen molar-refractivity contribution < 1.29 is 14.3 Å². The Morgan fingerprint density at radius 2 is 2.08 bits per heavy atom. The lowest BCUT2D eigenvalue weighted by Gasteiger charge is -2.25. The zero-order valence-corrected chi connectivity index (χ0v) is 15.5. The topological polar surface area (TPSA) is 71.5 Å². The fourth-order valence-electron chi connectivity index (χ4n) is 3.11. The van der Waals surface area contributed by atoms with Crippen molar-refractivity contribution in [1.29, 1.82) is 0 Å². The monoisotopic (exact) mass is 371 g/mol. The Hall–Kier alpha value is -2.25. The number of anilines is 1. The minimum absolute atomic E-state index is 0.110. The van der Waals surface area contributed by atoms with Gasteiger partial charge in [0.25, 0.3) is 0 Å². The fraction of sp³-hybridized carbons (Fsp3) is 0.421. The summed E-state index contributed by atoms with van der Waals surface area (Å²) in [7, 11) is 1.39. The summed E-state index contributed by atoms with van der Waals surface area (Å²) >= 11 is 1.59. The van der Waals surface area contributed by atoms with Gasteiger partial charge in [0.05, 0.1) is 18.4 Å². The molecular weight excluding hydrogens is 350 g/mol. The van der Waals surface area contributed by atoms with Gasteiger partial charge >= 0.3 is 5.97 Å². The highest BCUT2D eigenvalue weighted by atomic mass is 32.1. The number of benzene rings is 1. The SMILES string of the molecule is COC(=O)c1ccc(CN2CCc3nc(NC(=O)C4CC4)sc3C2)cc1. The lowest BCUT2D eigenvalue weighted by Crippen LogP contribution is -2.29. The number of amides is 1. The van der Waals surface area contributed by atoms with Crippen LogP contribution in [0.5, 0.6) is 0 Å². The van der Waals surface area contributed by atoms with Gasteiger partial charge in [-0.25, -0.2) is 9.78 Å². The number of rotatable bonds is 5. The van der Waals surface area contributed by atoms with E-state index in [4.69, 9.17) is 4.74 Å². The van der Waals surface area contributed by atoms with Gasteiger partial charge in [-0.2, -0.15) is 0 Å². The average Bonchev–Trinajstić information content (AvgIpc) is 3.43. The summed E-state index contributed by atoms with van der Waals surface area (Å²) in [5, 5.41) is 3.69. The molecule has 7 heteroatoms. The lowest BCUT2D eigenvalue weighted by molar-refractivity contribution is -0.117. The molecule has 0 spiro atoms. The number of esters is 1. The summed E-state index contributed by atoms with van der Waals surface area (Å²) in [6, 6.07) is 7.54. The van der Waals surface area contributed by atoms with Crippen molar-refractivity contribution in [2.75, 3.05) is 19.0 Å². The molecule has 136 valence electrons. The summed E-state index contributed by atoms with van der Waals surface area (Å²) < 4.78 is 4.73. The normalized spacial score (nSPS) is 16.8. The van der Waals surface area contributed by atoms with Crippen LogP contribution in [0.25, 0.3) is 0 Å². The molecule has 1 aromatic heterocycles. The van der Waals surface area contributed by atoms with Crippen molar-refractivity contribution in [2.45, 2.75) is 32.4 Å². The van der Waals surface area contributed by atoms with Crippen molar-refractivity contribution in [3.63, 3.8) is 0 Å². The van der Waals surface area contributed by atoms with Gasteiger partial charge in [0.2, 0.25) is 5.91 Å². The Kier molecular flexibility index (Phi) is 4.74. The van der Waals surface area contributed by atoms with Gasteiger partial charge in [0.15, 0.2) is 5.13 Å². The third kappa shape index (κ3) is 3.78. The molecule has 0 unspecified atom stereocenters. The molecule has 0 radical (unpaired) electrons. The molecule has 0 atom stereocenters. The maximum atomic E-state index is 11.9. The second-order valence-electron chi connectivity index (χ2n) is 6.80. The van der Waals surface area contributed by atoms with Crippen molar-refractivity contribution in [3.8, 4) is 0 Å². The van der Waals surface area contributed by atoms with Crippen LogP contribution in [0.1, 0.15) is 39.3 Å². The van der Waals surface area contributed by atoms with Crippen LogP contribution in [-0.4, -0.2) is 35.4 Å². The third-order valence-corrected chi connectivity index (χ3v) is 5.77. The molecule has 26 heavy (non-hydrogen) atoms. The summed E-state index contributed by atoms with van der Waals surface area (Å²) in [4.78, 5) is 31.6. The molecular formula is C19H21N3O3S. The lowest BCUT2D eigenvalue weighted by atomic mass is 10.1. The van der Waals surface area contributed by atoms with Crippen molar-refractivity contribution >= 4 is 28.3 Å². The molecule has 1 saturated carbocycles. The number of thiazole rings is 1. The second-order valence-corrected chi connectivity index (χ2v) is 7.89. The van der Waals surface area contributed by atoms with E-state index in [1.165, 1.54) is 12.0 Å². The number of methoxy groups -OCH3 is 1. The minimum Gasteiger partial charge on any atom is -0.465 e. The Labute approximate surface area is 156 Å². The summed E-state index contributed by atoms with van der Waals surface area (Å²) in [5.41, 5.74) is 2.84. The number of aromatic nitrogens is 1. The van der Waals surface area contributed by atoms with Crippen LogP contribution in [-0.2, 0) is 29.0 Å². The Morgan fingerprint density at radius 1 is 1.31 bits per heavy atom. The highest BCUT2D eigenvalue weighted by Gasteiger charge is 2.30. The molecule has 4 rings (SSSR count). The van der Waals surface area contributed by atoms with Gasteiger partial charge < -0.3 is 10.1 Å². The molecule has 1 aliphatic heterocycles. The Bertz CT molecular complexity index is 827. The highest BCUT2D eigenvalue weighted by Crippen LogP contribution is 2.33. The summed E-state index contributed by atoms with van der Waals surface area (Å²) in [6.07, 6.45) is 2.89. The molecule has 2 aromatic rings. The van der Waals surface area contributed by atoms with Crippen LogP contribution in [0.2, 0.25) is 0 Å². The predicted octanol–water partition coefficient (Wildman–Crippen LogP) is 2.84. The predicted molar refractivity (Wildman–Crippen MR) is 99.1 cm³/mol. The Morgan fingerprint density at radius 3 is 2.77 bits per heavy atom. The van der Waals surface area contributed by atoms with Crippen molar-refractivity contribution in [2.24, 2.45) is 5.92 Å². The summed E-state index contributed by atoms with van der Waals surface area (Å²) in [5.74, 6) is -0.0105. The van der Waals surface area contributed by atoms with Crippen molar-refractivity contribution in [3.05, 3.63) is 46.0 Å². The van der Waals surface area contributed by atoms with Gasteiger partial charge in [0, 0.05) is 36.9 Å². The van der Waals surface area contributed by atoms with Crippen LogP contribution in [0.3, 0.4) is 0 Å². The highest BCUT2D eigenvalue weighted by molar-refractivity contribution is 7.15. The van der Waals surface area contributed by atoms with Gasteiger partial charge in [-0.15, -0.1) is 11.3 Å². The molecule has 1 N–H and O–H groups in total. The van der Waals surface area contributed by atoms with E-state index < -0.39 is 0 Å². The number of hydrogen-bond acceptors (Lipinski definition) is 6. The van der Waals surface area contributed by atoms with Crippen LogP contribution >= 0.6 is 11.3 Å². The zero-order chi connectivity index (χ0) is 18.1. The smallest absolute Gasteiger partial charge is 0.337 e. The Balaban J connectivity index is 1.38. The molecule has 1 amide bonds. The minimum atomic E-state index is -0.315. The van der Waals surface area contributed by atoms with E-state index in [0.29, 0.717) is 5.56 Å². The van der Waals surface area contributed by atoms with Gasteiger partial charge in [-0.3, -0.25) is 9.69 Å². The molecule has 2 aliphatic rings. The molecule has 0 bridgehead atoms. The average molecular weight is 371 g/mol. The molecule has 1 aromatic carbocycles. The molecule has 6 nitrogen and oxygen atoms in total. The van der Waals surface area contributed by atoms with Gasteiger partial charge in [-0.1, -0.05) is 12.1 Å². The fourth-order valence-corrected chi connectivity index (χ4v) is 4.17. The molecule has 2 heterocycles. The van der Waals surface area contributed by atoms with E-state index in [-0.39, 0.29) is 17.8 Å². The third-order valence-electron chi connectivity index (χ3n) is 4.77. The van der Waals surface area contributed by atoms with E-state index in [0.717, 1.165) is 55.3 Å². The first kappa shape index (κ1) is 17.2. The first-order valence-corrected chi connectivity index (χ1v) is 9.63. The number of carbonyl (C=O) groups is 2. The van der Waals surface area contributed by atoms with E-state index in [2.05, 4.69) is 15.2 Å². The van der Waals surface area contributed by atoms with Gasteiger partial charge in [0.1, 0.15) is 0 Å². The standard InChI is InChI=1S/C19H21N3O3S/c1-25-18(24)14-4-2-12(3-5-14)10-22-9-8-15-16(11-22)26-19(20-15)21-17(23)13-6-7-13/h2-5,13H,6-11H2,1H3,(H,20,21,23). The number of hydrogen-bond donors (Lipinski definition) is 1. The molecule has 1 aliphatic carbocycles. The number of carbonyl (C=O) groups excluding carboxylic acids is 2. The molecule has 0 saturated heterocycles. The summed E-state index contributed by atoms with van der Waals surface area (Å²) in [6.45, 7) is 2.60. The van der Waals surface area contributed by atoms with Crippen LogP contribution in [0.15, 0.2) is 24.3 Å². The van der Waals surface area contributed by atoms with E-state index in [9.17, 15) is 9.59 Å². The number of ether oxygens (including phenoxy) is 1. The quantitative estimate of drug-likeness (QED) is 0.819. The van der Waals surface area contributed by atoms with Crippen molar-refractivity contribution in [1.82, 2.24) is 9.88 Å². The number of fused-ring (bicyclic) bond motifs is 1. The number of nitrogens with zero attached hydrogens (tertiary/aromatic N) is 2. The van der Waals surface area contributed by atoms with Crippen LogP contribution in [0.4, 0.5) is 5.13 Å². The maximum absolute atomic E-state index is 11.9. The van der Waals surface area contributed by atoms with Crippen LogP contribution in [0, 0.1) is 5.92 Å². The van der Waals surface area contributed by atoms with E-state index in [1.54, 1.807) is 23.5 Å². The first-order chi connectivity index (χ1) is 12.6. The van der Waals surface area contributed by atoms with Crippen LogP contribution < -0.4 is 5.32 Å². The largest absolute Gasteiger partial charge is 0.465 e. The maximum Gasteiger partial charge on any atom is 0.337 e. The van der Waals surface area contributed by atoms with E-state index in [1.807, 2.05) is 12.1 Å². The number of nitrogens with one attached hydrogen (secondary N) is 1. The zero-order valence-electron chi connectivity index (χ0n) is 14.7. The first-order valence-electron chi connectivity index (χ1n) is 8.81.